The molecule has 10 nitrogen and oxygen atoms in total. The lowest BCUT2D eigenvalue weighted by Gasteiger charge is -2.30. The highest BCUT2D eigenvalue weighted by atomic mass is 35.5. The molecule has 1 aliphatic heterocycles. The van der Waals surface area contributed by atoms with Crippen molar-refractivity contribution in [2.45, 2.75) is 23.9 Å². The van der Waals surface area contributed by atoms with Crippen LogP contribution in [-0.4, -0.2) is 58.5 Å². The van der Waals surface area contributed by atoms with Crippen LogP contribution in [0.15, 0.2) is 41.3 Å². The number of nitrogens with two attached hydrogens (primary N) is 1. The van der Waals surface area contributed by atoms with Gasteiger partial charge in [0.25, 0.3) is 0 Å². The van der Waals surface area contributed by atoms with Gasteiger partial charge in [0.2, 0.25) is 11.9 Å². The fourth-order valence-corrected chi connectivity index (χ4v) is 6.23. The Morgan fingerprint density at radius 3 is 2.57 bits per heavy atom. The predicted molar refractivity (Wildman–Crippen MR) is 130 cm³/mol. The maximum Gasteiger partial charge on any atom is 0.417 e. The number of nitrogens with zero attached hydrogens (tertiary/aromatic N) is 3. The van der Waals surface area contributed by atoms with Gasteiger partial charge in [-0.1, -0.05) is 23.7 Å². The molecule has 5 N–H and O–H groups in total. The maximum atomic E-state index is 14.0. The van der Waals surface area contributed by atoms with Gasteiger partial charge in [-0.3, -0.25) is 0 Å². The number of piperidine rings is 1. The first-order valence-corrected chi connectivity index (χ1v) is 13.0. The molecule has 1 fully saturated rings. The summed E-state index contributed by atoms with van der Waals surface area (Å²) in [5, 5.41) is 17.6. The summed E-state index contributed by atoms with van der Waals surface area (Å²) in [4.78, 5) is 16.1. The number of nitrogens with one attached hydrogen (secondary N) is 2. The summed E-state index contributed by atoms with van der Waals surface area (Å²) in [5.74, 6) is -0.718. The van der Waals surface area contributed by atoms with Gasteiger partial charge in [-0.25, -0.2) is 18.3 Å². The Labute approximate surface area is 214 Å². The summed E-state index contributed by atoms with van der Waals surface area (Å²) in [6, 6.07) is 7.08. The number of H-pyrrole nitrogens is 1. The summed E-state index contributed by atoms with van der Waals surface area (Å²) >= 11 is 6.26. The SMILES string of the molecule is Nc1nc(Nc2cc(Cl)c(-c3ccc(S(=O)(=O)CC4CCCN(C(=O)O)C4)cc3)c(C(F)(F)F)c2)n[nH]1. The minimum atomic E-state index is -4.78. The van der Waals surface area contributed by atoms with Crippen LogP contribution in [0.4, 0.5) is 35.5 Å². The van der Waals surface area contributed by atoms with E-state index in [1.165, 1.54) is 35.2 Å². The molecular weight excluding hydrogens is 537 g/mol. The van der Waals surface area contributed by atoms with E-state index in [0.717, 1.165) is 6.07 Å². The average Bonchev–Trinajstić information content (AvgIpc) is 3.22. The van der Waals surface area contributed by atoms with Crippen molar-refractivity contribution < 1.29 is 31.5 Å². The first kappa shape index (κ1) is 26.5. The number of likely N-dealkylation sites (tertiary alicyclic amines) is 1. The second-order valence-electron chi connectivity index (χ2n) is 8.59. The highest BCUT2D eigenvalue weighted by Gasteiger charge is 2.36. The Morgan fingerprint density at radius 1 is 1.27 bits per heavy atom. The van der Waals surface area contributed by atoms with Crippen LogP contribution in [0.1, 0.15) is 18.4 Å². The number of amides is 1. The first-order chi connectivity index (χ1) is 17.3. The zero-order chi connectivity index (χ0) is 27.0. The molecule has 1 saturated heterocycles. The second-order valence-corrected chi connectivity index (χ2v) is 11.0. The van der Waals surface area contributed by atoms with Crippen molar-refractivity contribution in [1.82, 2.24) is 20.1 Å². The molecule has 0 bridgehead atoms. The number of carboxylic acid groups (broad SMARTS) is 1. The van der Waals surface area contributed by atoms with E-state index in [2.05, 4.69) is 20.5 Å². The number of rotatable bonds is 6. The van der Waals surface area contributed by atoms with E-state index in [9.17, 15) is 31.5 Å². The van der Waals surface area contributed by atoms with Gasteiger partial charge in [-0.15, -0.1) is 5.10 Å². The summed E-state index contributed by atoms with van der Waals surface area (Å²) in [6.45, 7) is 0.460. The molecule has 1 atom stereocenters. The third-order valence-corrected chi connectivity index (χ3v) is 8.10. The molecule has 3 aromatic rings. The first-order valence-electron chi connectivity index (χ1n) is 11.0. The standard InChI is InChI=1S/C22H22ClF3N6O4S/c23-17-9-14(28-20-29-19(27)30-31-20)8-16(22(24,25)26)18(17)13-3-5-15(6-4-13)37(35,36)11-12-2-1-7-32(10-12)21(33)34/h3-6,8-9,12H,1-2,7,10-11H2,(H,33,34)(H4,27,28,29,30,31). The lowest BCUT2D eigenvalue weighted by Crippen LogP contribution is -2.41. The lowest BCUT2D eigenvalue weighted by atomic mass is 9.98. The second kappa shape index (κ2) is 10.1. The van der Waals surface area contributed by atoms with Crippen molar-refractivity contribution >= 4 is 45.1 Å². The Morgan fingerprint density at radius 2 is 1.97 bits per heavy atom. The Bertz CT molecular complexity index is 1410. The highest BCUT2D eigenvalue weighted by Crippen LogP contribution is 2.43. The monoisotopic (exact) mass is 558 g/mol. The fourth-order valence-electron chi connectivity index (χ4n) is 4.27. The molecule has 2 heterocycles. The molecule has 15 heteroatoms. The van der Waals surface area contributed by atoms with Crippen LogP contribution in [0.25, 0.3) is 11.1 Å². The minimum absolute atomic E-state index is 0.0258. The van der Waals surface area contributed by atoms with Crippen LogP contribution >= 0.6 is 11.6 Å². The number of sulfone groups is 1. The maximum absolute atomic E-state index is 14.0. The van der Waals surface area contributed by atoms with Gasteiger partial charge in [0.15, 0.2) is 9.84 Å². The van der Waals surface area contributed by atoms with E-state index in [1.807, 2.05) is 0 Å². The molecule has 198 valence electrons. The van der Waals surface area contributed by atoms with E-state index in [1.54, 1.807) is 0 Å². The number of carbonyl (C=O) groups is 1. The van der Waals surface area contributed by atoms with Gasteiger partial charge >= 0.3 is 12.3 Å². The Kier molecular flexibility index (Phi) is 7.24. The van der Waals surface area contributed by atoms with Crippen molar-refractivity contribution in [2.24, 2.45) is 5.92 Å². The van der Waals surface area contributed by atoms with Crippen LogP contribution in [0, 0.1) is 5.92 Å². The average molecular weight is 559 g/mol. The van der Waals surface area contributed by atoms with Gasteiger partial charge < -0.3 is 21.1 Å². The molecule has 0 aliphatic carbocycles. The number of benzene rings is 2. The molecule has 1 amide bonds. The van der Waals surface area contributed by atoms with E-state index < -0.39 is 27.7 Å². The minimum Gasteiger partial charge on any atom is -0.465 e. The largest absolute Gasteiger partial charge is 0.465 e. The van der Waals surface area contributed by atoms with E-state index >= 15 is 0 Å². The van der Waals surface area contributed by atoms with Crippen molar-refractivity contribution in [2.75, 3.05) is 29.9 Å². The van der Waals surface area contributed by atoms with Gasteiger partial charge in [-0.2, -0.15) is 18.2 Å². The Balaban J connectivity index is 1.61. The van der Waals surface area contributed by atoms with E-state index in [4.69, 9.17) is 17.3 Å². The molecular formula is C22H22ClF3N6O4S. The molecule has 1 unspecified atom stereocenters. The molecule has 1 aromatic heterocycles. The number of hydrogen-bond donors (Lipinski definition) is 4. The Hall–Kier alpha value is -3.52. The van der Waals surface area contributed by atoms with Crippen LogP contribution < -0.4 is 11.1 Å². The summed E-state index contributed by atoms with van der Waals surface area (Å²) in [6.07, 6.45) is -4.77. The van der Waals surface area contributed by atoms with Crippen molar-refractivity contribution in [3.05, 3.63) is 47.0 Å². The third-order valence-electron chi connectivity index (χ3n) is 5.90. The van der Waals surface area contributed by atoms with E-state index in [0.29, 0.717) is 19.4 Å². The van der Waals surface area contributed by atoms with Crippen LogP contribution in [0.5, 0.6) is 0 Å². The van der Waals surface area contributed by atoms with Gasteiger partial charge in [0, 0.05) is 24.3 Å². The molecule has 0 radical (unpaired) electrons. The molecule has 37 heavy (non-hydrogen) atoms. The zero-order valence-electron chi connectivity index (χ0n) is 19.1. The number of anilines is 3. The van der Waals surface area contributed by atoms with Gasteiger partial charge in [-0.05, 0) is 48.6 Å². The lowest BCUT2D eigenvalue weighted by molar-refractivity contribution is -0.137. The normalized spacial score (nSPS) is 16.5. The summed E-state index contributed by atoms with van der Waals surface area (Å²) < 4.78 is 67.8. The molecule has 4 rings (SSSR count). The molecule has 2 aromatic carbocycles. The van der Waals surface area contributed by atoms with Crippen LogP contribution in [-0.2, 0) is 16.0 Å². The smallest absolute Gasteiger partial charge is 0.417 e. The predicted octanol–water partition coefficient (Wildman–Crippen LogP) is 4.63. The van der Waals surface area contributed by atoms with Crippen LogP contribution in [0.3, 0.4) is 0 Å². The molecule has 1 aliphatic rings. The van der Waals surface area contributed by atoms with Crippen LogP contribution in [0.2, 0.25) is 5.02 Å². The molecule has 0 spiro atoms. The number of halogens is 4. The number of aromatic nitrogens is 3. The summed E-state index contributed by atoms with van der Waals surface area (Å²) in [5.41, 5.74) is 4.11. The fraction of sp³-hybridized carbons (Fsp3) is 0.318. The number of aromatic amines is 1. The van der Waals surface area contributed by atoms with Crippen molar-refractivity contribution in [1.29, 1.82) is 0 Å². The van der Waals surface area contributed by atoms with Crippen molar-refractivity contribution in [3.63, 3.8) is 0 Å². The van der Waals surface area contributed by atoms with E-state index in [-0.39, 0.29) is 56.8 Å². The van der Waals surface area contributed by atoms with Gasteiger partial charge in [0.1, 0.15) is 0 Å². The van der Waals surface area contributed by atoms with Crippen molar-refractivity contribution in [3.8, 4) is 11.1 Å². The molecule has 0 saturated carbocycles. The van der Waals surface area contributed by atoms with Gasteiger partial charge in [0.05, 0.1) is 21.2 Å². The zero-order valence-corrected chi connectivity index (χ0v) is 20.7. The quantitative estimate of drug-likeness (QED) is 0.341. The number of nitrogen functional groups attached to an aromatic ring is 1. The number of hydrogen-bond acceptors (Lipinski definition) is 7. The topological polar surface area (TPSA) is 154 Å². The number of alkyl halides is 3. The summed E-state index contributed by atoms with van der Waals surface area (Å²) in [7, 11) is -3.81. The third kappa shape index (κ3) is 6.07. The highest BCUT2D eigenvalue weighted by molar-refractivity contribution is 7.91.